The Labute approximate surface area is 99.1 Å². The second-order valence-corrected chi connectivity index (χ2v) is 3.56. The molecule has 0 fully saturated rings. The summed E-state index contributed by atoms with van der Waals surface area (Å²) in [4.78, 5) is 4.84. The zero-order valence-corrected chi connectivity index (χ0v) is 9.97. The largest absolute Gasteiger partial charge is 0.420 e. The van der Waals surface area contributed by atoms with Gasteiger partial charge < -0.3 is 9.25 Å². The van der Waals surface area contributed by atoms with E-state index < -0.39 is 0 Å². The highest BCUT2D eigenvalue weighted by Crippen LogP contribution is 2.14. The third kappa shape index (κ3) is 2.33. The van der Waals surface area contributed by atoms with Crippen molar-refractivity contribution in [2.75, 3.05) is 7.11 Å². The molecule has 1 heterocycles. The fourth-order valence-electron chi connectivity index (χ4n) is 1.53. The zero-order valence-electron chi connectivity index (χ0n) is 9.97. The van der Waals surface area contributed by atoms with Gasteiger partial charge in [-0.3, -0.25) is 0 Å². The molecule has 2 aromatic rings. The second kappa shape index (κ2) is 4.78. The van der Waals surface area contributed by atoms with Gasteiger partial charge >= 0.3 is 0 Å². The zero-order chi connectivity index (χ0) is 12.3. The fourth-order valence-corrected chi connectivity index (χ4v) is 1.53. The van der Waals surface area contributed by atoms with Gasteiger partial charge in [-0.2, -0.15) is 0 Å². The predicted molar refractivity (Wildman–Crippen MR) is 62.9 cm³/mol. The van der Waals surface area contributed by atoms with Crippen molar-refractivity contribution in [1.82, 2.24) is 10.2 Å². The first-order valence-electron chi connectivity index (χ1n) is 5.20. The molecule has 0 atom stereocenters. The van der Waals surface area contributed by atoms with E-state index in [0.717, 1.165) is 11.1 Å². The Morgan fingerprint density at radius 1 is 1.24 bits per heavy atom. The van der Waals surface area contributed by atoms with Crippen molar-refractivity contribution in [3.05, 3.63) is 47.2 Å². The number of hydrogen-bond acceptors (Lipinski definition) is 5. The number of aryl methyl sites for hydroxylation is 2. The maximum atomic E-state index is 5.37. The monoisotopic (exact) mass is 231 g/mol. The second-order valence-electron chi connectivity index (χ2n) is 3.56. The van der Waals surface area contributed by atoms with Crippen LogP contribution in [0.2, 0.25) is 0 Å². The SMILES string of the molecule is CO/N=C(\c1nnc(C)o1)c1ccccc1C. The van der Waals surface area contributed by atoms with E-state index in [9.17, 15) is 0 Å². The van der Waals surface area contributed by atoms with Gasteiger partial charge in [-0.25, -0.2) is 0 Å². The summed E-state index contributed by atoms with van der Waals surface area (Å²) in [6.45, 7) is 3.72. The van der Waals surface area contributed by atoms with Crippen LogP contribution < -0.4 is 0 Å². The average molecular weight is 231 g/mol. The molecule has 5 nitrogen and oxygen atoms in total. The minimum absolute atomic E-state index is 0.360. The van der Waals surface area contributed by atoms with E-state index in [-0.39, 0.29) is 0 Å². The molecule has 0 N–H and O–H groups in total. The van der Waals surface area contributed by atoms with E-state index in [2.05, 4.69) is 15.4 Å². The molecule has 0 aliphatic carbocycles. The Hall–Kier alpha value is -2.17. The molecule has 0 saturated carbocycles. The fraction of sp³-hybridized carbons (Fsp3) is 0.250. The number of rotatable bonds is 3. The van der Waals surface area contributed by atoms with Crippen molar-refractivity contribution in [2.24, 2.45) is 5.16 Å². The van der Waals surface area contributed by atoms with Gasteiger partial charge in [0.25, 0.3) is 5.89 Å². The quantitative estimate of drug-likeness (QED) is 0.599. The van der Waals surface area contributed by atoms with Crippen molar-refractivity contribution >= 4 is 5.71 Å². The van der Waals surface area contributed by atoms with Gasteiger partial charge in [-0.1, -0.05) is 29.4 Å². The maximum Gasteiger partial charge on any atom is 0.270 e. The molecular weight excluding hydrogens is 218 g/mol. The Bertz CT molecular complexity index is 546. The van der Waals surface area contributed by atoms with Crippen LogP contribution in [0.1, 0.15) is 22.9 Å². The minimum Gasteiger partial charge on any atom is -0.420 e. The first-order chi connectivity index (χ1) is 8.22. The molecule has 5 heteroatoms. The Morgan fingerprint density at radius 2 is 2.00 bits per heavy atom. The van der Waals surface area contributed by atoms with Crippen LogP contribution in [0.15, 0.2) is 33.8 Å². The Kier molecular flexibility index (Phi) is 3.18. The normalized spacial score (nSPS) is 11.6. The summed E-state index contributed by atoms with van der Waals surface area (Å²) in [6.07, 6.45) is 0. The minimum atomic E-state index is 0.360. The standard InChI is InChI=1S/C12H13N3O2/c1-8-6-4-5-7-10(8)11(15-16-3)12-14-13-9(2)17-12/h4-7H,1-3H3/b15-11-. The number of oxime groups is 1. The molecular formula is C12H13N3O2. The smallest absolute Gasteiger partial charge is 0.270 e. The molecule has 0 unspecified atom stereocenters. The third-order valence-electron chi connectivity index (χ3n) is 2.31. The number of nitrogens with zero attached hydrogens (tertiary/aromatic N) is 3. The number of benzene rings is 1. The summed E-state index contributed by atoms with van der Waals surface area (Å²) in [5.41, 5.74) is 2.53. The van der Waals surface area contributed by atoms with Crippen LogP contribution in [0.25, 0.3) is 0 Å². The summed E-state index contributed by atoms with van der Waals surface area (Å²) in [6, 6.07) is 7.81. The van der Waals surface area contributed by atoms with Gasteiger partial charge in [0.2, 0.25) is 5.89 Å². The summed E-state index contributed by atoms with van der Waals surface area (Å²) in [5, 5.41) is 11.7. The molecule has 1 aromatic carbocycles. The highest BCUT2D eigenvalue weighted by Gasteiger charge is 2.16. The molecule has 2 rings (SSSR count). The first kappa shape index (κ1) is 11.3. The Balaban J connectivity index is 2.51. The van der Waals surface area contributed by atoms with Crippen molar-refractivity contribution in [3.63, 3.8) is 0 Å². The molecule has 0 aliphatic rings. The number of aromatic nitrogens is 2. The molecule has 0 aliphatic heterocycles. The third-order valence-corrected chi connectivity index (χ3v) is 2.31. The van der Waals surface area contributed by atoms with Crippen molar-refractivity contribution in [2.45, 2.75) is 13.8 Å². The van der Waals surface area contributed by atoms with Gasteiger partial charge in [0.1, 0.15) is 7.11 Å². The summed E-state index contributed by atoms with van der Waals surface area (Å²) in [5.74, 6) is 0.857. The Morgan fingerprint density at radius 3 is 2.59 bits per heavy atom. The molecule has 0 radical (unpaired) electrons. The molecule has 0 saturated heterocycles. The predicted octanol–water partition coefficient (Wildman–Crippen LogP) is 2.09. The van der Waals surface area contributed by atoms with Crippen LogP contribution in [0.5, 0.6) is 0 Å². The highest BCUT2D eigenvalue weighted by atomic mass is 16.6. The van der Waals surface area contributed by atoms with E-state index in [0.29, 0.717) is 17.5 Å². The first-order valence-corrected chi connectivity index (χ1v) is 5.20. The molecule has 0 bridgehead atoms. The van der Waals surface area contributed by atoms with Gasteiger partial charge in [-0.15, -0.1) is 10.2 Å². The number of hydrogen-bond donors (Lipinski definition) is 0. The topological polar surface area (TPSA) is 60.5 Å². The van der Waals surface area contributed by atoms with E-state index in [4.69, 9.17) is 9.25 Å². The molecule has 1 aromatic heterocycles. The van der Waals surface area contributed by atoms with Gasteiger partial charge in [-0.05, 0) is 12.5 Å². The lowest BCUT2D eigenvalue weighted by molar-refractivity contribution is 0.213. The van der Waals surface area contributed by atoms with Crippen molar-refractivity contribution in [1.29, 1.82) is 0 Å². The van der Waals surface area contributed by atoms with Crippen molar-refractivity contribution in [3.8, 4) is 0 Å². The molecule has 0 spiro atoms. The van der Waals surface area contributed by atoms with Crippen LogP contribution in [-0.4, -0.2) is 23.0 Å². The van der Waals surface area contributed by atoms with E-state index in [1.54, 1.807) is 6.92 Å². The summed E-state index contributed by atoms with van der Waals surface area (Å²) in [7, 11) is 1.49. The van der Waals surface area contributed by atoms with Crippen LogP contribution in [0, 0.1) is 13.8 Å². The molecule has 0 amide bonds. The lowest BCUT2D eigenvalue weighted by atomic mass is 10.0. The van der Waals surface area contributed by atoms with Crippen LogP contribution in [-0.2, 0) is 4.84 Å². The van der Waals surface area contributed by atoms with Crippen LogP contribution in [0.4, 0.5) is 0 Å². The lowest BCUT2D eigenvalue weighted by Gasteiger charge is -2.04. The van der Waals surface area contributed by atoms with Crippen molar-refractivity contribution < 1.29 is 9.25 Å². The molecule has 88 valence electrons. The van der Waals surface area contributed by atoms with E-state index in [1.165, 1.54) is 7.11 Å². The lowest BCUT2D eigenvalue weighted by Crippen LogP contribution is -2.06. The van der Waals surface area contributed by atoms with Crippen LogP contribution in [0.3, 0.4) is 0 Å². The van der Waals surface area contributed by atoms with E-state index in [1.807, 2.05) is 31.2 Å². The van der Waals surface area contributed by atoms with Gasteiger partial charge in [0, 0.05) is 12.5 Å². The molecule has 17 heavy (non-hydrogen) atoms. The van der Waals surface area contributed by atoms with Gasteiger partial charge in [0.05, 0.1) is 0 Å². The average Bonchev–Trinajstić information content (AvgIpc) is 2.74. The van der Waals surface area contributed by atoms with E-state index >= 15 is 0 Å². The van der Waals surface area contributed by atoms with Gasteiger partial charge in [0.15, 0.2) is 5.71 Å². The summed E-state index contributed by atoms with van der Waals surface area (Å²) >= 11 is 0. The highest BCUT2D eigenvalue weighted by molar-refractivity contribution is 6.10. The summed E-state index contributed by atoms with van der Waals surface area (Å²) < 4.78 is 5.37. The van der Waals surface area contributed by atoms with Crippen LogP contribution >= 0.6 is 0 Å². The maximum absolute atomic E-state index is 5.37.